The summed E-state index contributed by atoms with van der Waals surface area (Å²) in [7, 11) is 0. The van der Waals surface area contributed by atoms with Crippen LogP contribution < -0.4 is 0 Å². The molecule has 0 unspecified atom stereocenters. The van der Waals surface area contributed by atoms with Gasteiger partial charge in [0.2, 0.25) is 5.91 Å². The van der Waals surface area contributed by atoms with Crippen molar-refractivity contribution in [1.29, 1.82) is 0 Å². The molecule has 1 amide bonds. The lowest BCUT2D eigenvalue weighted by molar-refractivity contribution is -0.131. The third-order valence-electron chi connectivity index (χ3n) is 1.42. The van der Waals surface area contributed by atoms with E-state index in [2.05, 4.69) is 13.2 Å². The van der Waals surface area contributed by atoms with Crippen LogP contribution in [-0.4, -0.2) is 35.0 Å². The van der Waals surface area contributed by atoms with E-state index < -0.39 is 5.97 Å². The first-order valence-electron chi connectivity index (χ1n) is 4.30. The molecule has 0 aromatic heterocycles. The number of aliphatic carboxylic acids is 1. The summed E-state index contributed by atoms with van der Waals surface area (Å²) in [5.74, 6) is -0.968. The van der Waals surface area contributed by atoms with Crippen LogP contribution in [0.1, 0.15) is 13.8 Å². The van der Waals surface area contributed by atoms with Gasteiger partial charge in [0.25, 0.3) is 0 Å². The topological polar surface area (TPSA) is 57.6 Å². The second-order valence-corrected chi connectivity index (χ2v) is 2.26. The zero-order valence-corrected chi connectivity index (χ0v) is 8.69. The molecule has 0 rings (SSSR count). The largest absolute Gasteiger partial charge is 0.478 e. The third-order valence-corrected chi connectivity index (χ3v) is 1.42. The molecule has 0 aliphatic carbocycles. The molecule has 0 heterocycles. The molecule has 14 heavy (non-hydrogen) atoms. The summed E-state index contributed by atoms with van der Waals surface area (Å²) < 4.78 is 0. The van der Waals surface area contributed by atoms with Crippen molar-refractivity contribution in [3.63, 3.8) is 0 Å². The van der Waals surface area contributed by atoms with Gasteiger partial charge in [0, 0.05) is 19.2 Å². The molecular formula is C10H17NO3. The smallest absolute Gasteiger partial charge is 0.327 e. The lowest BCUT2D eigenvalue weighted by atomic mass is 10.4. The third kappa shape index (κ3) is 8.52. The maximum Gasteiger partial charge on any atom is 0.327 e. The second-order valence-electron chi connectivity index (χ2n) is 2.26. The van der Waals surface area contributed by atoms with Gasteiger partial charge in [-0.1, -0.05) is 13.2 Å². The number of carboxylic acids is 1. The van der Waals surface area contributed by atoms with Gasteiger partial charge in [-0.05, 0) is 19.9 Å². The molecule has 0 saturated heterocycles. The summed E-state index contributed by atoms with van der Waals surface area (Å²) in [4.78, 5) is 21.7. The fourth-order valence-electron chi connectivity index (χ4n) is 0.664. The minimum Gasteiger partial charge on any atom is -0.478 e. The fraction of sp³-hybridized carbons (Fsp3) is 0.400. The van der Waals surface area contributed by atoms with Crippen LogP contribution in [0.25, 0.3) is 0 Å². The molecule has 0 aliphatic rings. The Morgan fingerprint density at radius 1 is 1.21 bits per heavy atom. The second kappa shape index (κ2) is 9.51. The van der Waals surface area contributed by atoms with Gasteiger partial charge in [-0.15, -0.1) is 0 Å². The van der Waals surface area contributed by atoms with Crippen molar-refractivity contribution in [2.24, 2.45) is 0 Å². The van der Waals surface area contributed by atoms with E-state index in [0.717, 1.165) is 19.2 Å². The van der Waals surface area contributed by atoms with Crippen molar-refractivity contribution in [2.45, 2.75) is 13.8 Å². The molecule has 0 fully saturated rings. The maximum absolute atomic E-state index is 10.8. The van der Waals surface area contributed by atoms with Crippen LogP contribution in [0.15, 0.2) is 25.3 Å². The predicted molar refractivity (Wildman–Crippen MR) is 56.0 cm³/mol. The number of amides is 1. The molecule has 80 valence electrons. The zero-order chi connectivity index (χ0) is 11.6. The van der Waals surface area contributed by atoms with E-state index in [4.69, 9.17) is 5.11 Å². The Morgan fingerprint density at radius 3 is 1.64 bits per heavy atom. The van der Waals surface area contributed by atoms with Gasteiger partial charge in [0.1, 0.15) is 0 Å². The number of rotatable bonds is 4. The summed E-state index contributed by atoms with van der Waals surface area (Å²) in [6, 6.07) is 0. The van der Waals surface area contributed by atoms with Crippen LogP contribution >= 0.6 is 0 Å². The Hall–Kier alpha value is -1.58. The Labute approximate surface area is 84.5 Å². The highest BCUT2D eigenvalue weighted by Gasteiger charge is 2.01. The van der Waals surface area contributed by atoms with Crippen molar-refractivity contribution in [2.75, 3.05) is 13.1 Å². The Kier molecular flexibility index (Phi) is 10.1. The molecule has 0 saturated carbocycles. The monoisotopic (exact) mass is 199 g/mol. The summed E-state index contributed by atoms with van der Waals surface area (Å²) in [6.45, 7) is 11.8. The van der Waals surface area contributed by atoms with E-state index in [1.54, 1.807) is 4.90 Å². The molecule has 0 aromatic carbocycles. The van der Waals surface area contributed by atoms with E-state index in [9.17, 15) is 9.59 Å². The first kappa shape index (κ1) is 14.9. The maximum atomic E-state index is 10.8. The SMILES string of the molecule is C=CC(=O)N(CC)CC.C=CC(=O)O. The van der Waals surface area contributed by atoms with Crippen molar-refractivity contribution < 1.29 is 14.7 Å². The molecule has 0 spiro atoms. The van der Waals surface area contributed by atoms with Gasteiger partial charge in [-0.25, -0.2) is 4.79 Å². The predicted octanol–water partition coefficient (Wildman–Crippen LogP) is 1.30. The Morgan fingerprint density at radius 2 is 1.57 bits per heavy atom. The molecule has 4 heteroatoms. The first-order valence-corrected chi connectivity index (χ1v) is 4.30. The standard InChI is InChI=1S/C7H13NO.C3H4O2/c1-4-7(9)8(5-2)6-3;1-2-3(4)5/h4H,1,5-6H2,2-3H3;2H,1H2,(H,4,5). The number of likely N-dealkylation sites (N-methyl/N-ethyl adjacent to an activating group) is 1. The molecule has 0 atom stereocenters. The average Bonchev–Trinajstić information content (AvgIpc) is 2.20. The van der Waals surface area contributed by atoms with E-state index >= 15 is 0 Å². The summed E-state index contributed by atoms with van der Waals surface area (Å²) in [5, 5.41) is 7.60. The molecule has 0 aromatic rings. The van der Waals surface area contributed by atoms with Crippen LogP contribution in [0, 0.1) is 0 Å². The van der Waals surface area contributed by atoms with Crippen molar-refractivity contribution in [3.05, 3.63) is 25.3 Å². The van der Waals surface area contributed by atoms with Crippen LogP contribution in [0.5, 0.6) is 0 Å². The van der Waals surface area contributed by atoms with Crippen LogP contribution in [0.3, 0.4) is 0 Å². The Balaban J connectivity index is 0. The van der Waals surface area contributed by atoms with E-state index in [1.807, 2.05) is 13.8 Å². The average molecular weight is 199 g/mol. The minimum absolute atomic E-state index is 0.0139. The number of carboxylic acid groups (broad SMARTS) is 1. The Bertz CT molecular complexity index is 207. The summed E-state index contributed by atoms with van der Waals surface area (Å²) in [5.41, 5.74) is 0. The van der Waals surface area contributed by atoms with Gasteiger partial charge >= 0.3 is 5.97 Å². The molecule has 1 N–H and O–H groups in total. The lowest BCUT2D eigenvalue weighted by Crippen LogP contribution is -2.28. The number of carbonyl (C=O) groups is 2. The van der Waals surface area contributed by atoms with E-state index in [0.29, 0.717) is 0 Å². The van der Waals surface area contributed by atoms with Gasteiger partial charge in [0.05, 0.1) is 0 Å². The quantitative estimate of drug-likeness (QED) is 0.694. The van der Waals surface area contributed by atoms with Crippen LogP contribution in [0.2, 0.25) is 0 Å². The fourth-order valence-corrected chi connectivity index (χ4v) is 0.664. The van der Waals surface area contributed by atoms with Gasteiger partial charge in [-0.2, -0.15) is 0 Å². The van der Waals surface area contributed by atoms with Crippen LogP contribution in [-0.2, 0) is 9.59 Å². The minimum atomic E-state index is -0.981. The highest BCUT2D eigenvalue weighted by molar-refractivity contribution is 5.86. The van der Waals surface area contributed by atoms with Crippen molar-refractivity contribution in [1.82, 2.24) is 4.90 Å². The molecule has 0 bridgehead atoms. The summed E-state index contributed by atoms with van der Waals surface area (Å²) >= 11 is 0. The molecule has 4 nitrogen and oxygen atoms in total. The normalized spacial score (nSPS) is 7.86. The number of hydrogen-bond donors (Lipinski definition) is 1. The number of nitrogens with zero attached hydrogens (tertiary/aromatic N) is 1. The van der Waals surface area contributed by atoms with E-state index in [-0.39, 0.29) is 5.91 Å². The van der Waals surface area contributed by atoms with Crippen molar-refractivity contribution >= 4 is 11.9 Å². The summed E-state index contributed by atoms with van der Waals surface area (Å²) in [6.07, 6.45) is 2.17. The highest BCUT2D eigenvalue weighted by atomic mass is 16.4. The number of hydrogen-bond acceptors (Lipinski definition) is 2. The number of carbonyl (C=O) groups excluding carboxylic acids is 1. The molecular weight excluding hydrogens is 182 g/mol. The van der Waals surface area contributed by atoms with E-state index in [1.165, 1.54) is 6.08 Å². The lowest BCUT2D eigenvalue weighted by Gasteiger charge is -2.15. The zero-order valence-electron chi connectivity index (χ0n) is 8.69. The van der Waals surface area contributed by atoms with Gasteiger partial charge < -0.3 is 10.0 Å². The molecule has 0 radical (unpaired) electrons. The van der Waals surface area contributed by atoms with Crippen LogP contribution in [0.4, 0.5) is 0 Å². The van der Waals surface area contributed by atoms with Crippen molar-refractivity contribution in [3.8, 4) is 0 Å². The highest BCUT2D eigenvalue weighted by Crippen LogP contribution is 1.87. The van der Waals surface area contributed by atoms with Gasteiger partial charge in [-0.3, -0.25) is 4.79 Å². The molecule has 0 aliphatic heterocycles. The van der Waals surface area contributed by atoms with Gasteiger partial charge in [0.15, 0.2) is 0 Å². The first-order chi connectivity index (χ1) is 6.53.